The maximum Gasteiger partial charge on any atom is 0.342 e. The molecule has 0 aromatic carbocycles. The van der Waals surface area contributed by atoms with Gasteiger partial charge >= 0.3 is 5.69 Å². The van der Waals surface area contributed by atoms with Gasteiger partial charge in [-0.3, -0.25) is 14.9 Å². The lowest BCUT2D eigenvalue weighted by atomic mass is 10.3. The van der Waals surface area contributed by atoms with Gasteiger partial charge < -0.3 is 4.52 Å². The second kappa shape index (κ2) is 2.49. The van der Waals surface area contributed by atoms with Crippen molar-refractivity contribution in [2.45, 2.75) is 6.92 Å². The molecule has 0 atom stereocenters. The summed E-state index contributed by atoms with van der Waals surface area (Å²) >= 11 is 0. The summed E-state index contributed by atoms with van der Waals surface area (Å²) in [6.45, 7) is 1.40. The number of aromatic nitrogens is 1. The first kappa shape index (κ1) is 7.39. The van der Waals surface area contributed by atoms with E-state index in [0.29, 0.717) is 0 Å². The number of nitro groups is 1. The van der Waals surface area contributed by atoms with Gasteiger partial charge in [0.15, 0.2) is 12.0 Å². The number of nitrogens with zero attached hydrogens (tertiary/aromatic N) is 2. The van der Waals surface area contributed by atoms with E-state index in [4.69, 9.17) is 0 Å². The van der Waals surface area contributed by atoms with Crippen molar-refractivity contribution >= 4 is 12.0 Å². The third kappa shape index (κ3) is 1.09. The lowest BCUT2D eigenvalue weighted by Crippen LogP contribution is -1.91. The van der Waals surface area contributed by atoms with Gasteiger partial charge in [-0.2, -0.15) is 0 Å². The molecule has 0 saturated carbocycles. The molecule has 6 heteroatoms. The SMILES string of the molecule is Cc1noc(C=O)c1[N+](=O)[O-]. The molecule has 0 fully saturated rings. The monoisotopic (exact) mass is 156 g/mol. The Labute approximate surface area is 60.9 Å². The van der Waals surface area contributed by atoms with Crippen LogP contribution in [-0.2, 0) is 0 Å². The van der Waals surface area contributed by atoms with E-state index in [1.165, 1.54) is 6.92 Å². The highest BCUT2D eigenvalue weighted by molar-refractivity contribution is 5.77. The molecular formula is C5H4N2O4. The van der Waals surface area contributed by atoms with Gasteiger partial charge in [-0.25, -0.2) is 0 Å². The predicted molar refractivity (Wildman–Crippen MR) is 33.3 cm³/mol. The van der Waals surface area contributed by atoms with Crippen LogP contribution in [0.2, 0.25) is 0 Å². The van der Waals surface area contributed by atoms with Crippen molar-refractivity contribution in [2.75, 3.05) is 0 Å². The molecule has 0 saturated heterocycles. The van der Waals surface area contributed by atoms with Crippen LogP contribution in [0.25, 0.3) is 0 Å². The van der Waals surface area contributed by atoms with E-state index < -0.39 is 4.92 Å². The lowest BCUT2D eigenvalue weighted by molar-refractivity contribution is -0.386. The topological polar surface area (TPSA) is 86.2 Å². The summed E-state index contributed by atoms with van der Waals surface area (Å²) in [5.74, 6) is -0.340. The Balaban J connectivity index is 3.28. The molecule has 1 aromatic heterocycles. The molecule has 1 aromatic rings. The Bertz CT molecular complexity index is 303. The fourth-order valence-corrected chi connectivity index (χ4v) is 0.682. The Kier molecular flexibility index (Phi) is 1.67. The lowest BCUT2D eigenvalue weighted by Gasteiger charge is -1.83. The Morgan fingerprint density at radius 1 is 1.73 bits per heavy atom. The van der Waals surface area contributed by atoms with Crippen molar-refractivity contribution in [3.63, 3.8) is 0 Å². The normalized spacial score (nSPS) is 9.55. The van der Waals surface area contributed by atoms with Crippen LogP contribution in [0.5, 0.6) is 0 Å². The number of hydrogen-bond donors (Lipinski definition) is 0. The van der Waals surface area contributed by atoms with Gasteiger partial charge in [0.1, 0.15) is 0 Å². The molecule has 11 heavy (non-hydrogen) atoms. The first-order valence-corrected chi connectivity index (χ1v) is 2.72. The number of aldehydes is 1. The fourth-order valence-electron chi connectivity index (χ4n) is 0.682. The number of rotatable bonds is 2. The highest BCUT2D eigenvalue weighted by atomic mass is 16.6. The zero-order valence-electron chi connectivity index (χ0n) is 5.60. The third-order valence-electron chi connectivity index (χ3n) is 1.15. The summed E-state index contributed by atoms with van der Waals surface area (Å²) in [5, 5.41) is 13.5. The second-order valence-corrected chi connectivity index (χ2v) is 1.86. The second-order valence-electron chi connectivity index (χ2n) is 1.86. The highest BCUT2D eigenvalue weighted by Crippen LogP contribution is 2.19. The molecule has 0 aliphatic heterocycles. The van der Waals surface area contributed by atoms with Crippen LogP contribution in [0, 0.1) is 17.0 Å². The number of aryl methyl sites for hydroxylation is 1. The van der Waals surface area contributed by atoms with Crippen molar-refractivity contribution in [1.29, 1.82) is 0 Å². The molecule has 0 aliphatic rings. The Morgan fingerprint density at radius 3 is 2.73 bits per heavy atom. The van der Waals surface area contributed by atoms with E-state index in [-0.39, 0.29) is 23.4 Å². The van der Waals surface area contributed by atoms with Crippen LogP contribution >= 0.6 is 0 Å². The molecule has 0 spiro atoms. The minimum absolute atomic E-state index is 0.108. The summed E-state index contributed by atoms with van der Waals surface area (Å²) in [5.41, 5.74) is -0.253. The summed E-state index contributed by atoms with van der Waals surface area (Å²) in [4.78, 5) is 19.6. The van der Waals surface area contributed by atoms with Crippen molar-refractivity contribution in [1.82, 2.24) is 5.16 Å². The molecule has 0 amide bonds. The van der Waals surface area contributed by atoms with Crippen molar-refractivity contribution < 1.29 is 14.2 Å². The summed E-state index contributed by atoms with van der Waals surface area (Å²) < 4.78 is 4.35. The smallest absolute Gasteiger partial charge is 0.342 e. The van der Waals surface area contributed by atoms with Gasteiger partial charge in [0.25, 0.3) is 5.76 Å². The van der Waals surface area contributed by atoms with Crippen LogP contribution in [0.4, 0.5) is 5.69 Å². The van der Waals surface area contributed by atoms with Gasteiger partial charge in [-0.15, -0.1) is 0 Å². The van der Waals surface area contributed by atoms with Crippen LogP contribution in [-0.4, -0.2) is 16.4 Å². The minimum atomic E-state index is -0.699. The summed E-state index contributed by atoms with van der Waals surface area (Å²) in [7, 11) is 0. The number of hydrogen-bond acceptors (Lipinski definition) is 5. The van der Waals surface area contributed by atoms with Gasteiger partial charge in [0.2, 0.25) is 0 Å². The van der Waals surface area contributed by atoms with E-state index in [0.717, 1.165) is 0 Å². The fraction of sp³-hybridized carbons (Fsp3) is 0.200. The van der Waals surface area contributed by atoms with Gasteiger partial charge in [0, 0.05) is 0 Å². The molecule has 0 N–H and O–H groups in total. The van der Waals surface area contributed by atoms with Crippen LogP contribution in [0.15, 0.2) is 4.52 Å². The first-order chi connectivity index (χ1) is 5.16. The average Bonchev–Trinajstić information content (AvgIpc) is 2.30. The molecule has 6 nitrogen and oxygen atoms in total. The number of carbonyl (C=O) groups excluding carboxylic acids is 1. The molecule has 0 bridgehead atoms. The third-order valence-corrected chi connectivity index (χ3v) is 1.15. The molecule has 1 heterocycles. The van der Waals surface area contributed by atoms with Gasteiger partial charge in [0.05, 0.1) is 4.92 Å². The van der Waals surface area contributed by atoms with E-state index in [9.17, 15) is 14.9 Å². The minimum Gasteiger partial charge on any atom is -0.345 e. The highest BCUT2D eigenvalue weighted by Gasteiger charge is 2.22. The van der Waals surface area contributed by atoms with Crippen molar-refractivity contribution in [3.8, 4) is 0 Å². The van der Waals surface area contributed by atoms with Gasteiger partial charge in [-0.05, 0) is 6.92 Å². The molecule has 0 unspecified atom stereocenters. The van der Waals surface area contributed by atoms with Gasteiger partial charge in [-0.1, -0.05) is 5.16 Å². The number of carbonyl (C=O) groups is 1. The van der Waals surface area contributed by atoms with E-state index in [1.54, 1.807) is 0 Å². The predicted octanol–water partition coefficient (Wildman–Crippen LogP) is 0.704. The maximum absolute atomic E-state index is 10.2. The van der Waals surface area contributed by atoms with E-state index in [2.05, 4.69) is 9.68 Å². The average molecular weight is 156 g/mol. The largest absolute Gasteiger partial charge is 0.345 e. The summed E-state index contributed by atoms with van der Waals surface area (Å²) in [6.07, 6.45) is 0.262. The van der Waals surface area contributed by atoms with Crippen molar-refractivity contribution in [3.05, 3.63) is 21.6 Å². The Morgan fingerprint density at radius 2 is 2.36 bits per heavy atom. The van der Waals surface area contributed by atoms with Crippen LogP contribution in [0.1, 0.15) is 16.2 Å². The quantitative estimate of drug-likeness (QED) is 0.357. The first-order valence-electron chi connectivity index (χ1n) is 2.72. The van der Waals surface area contributed by atoms with E-state index >= 15 is 0 Å². The molecule has 0 aliphatic carbocycles. The molecule has 0 radical (unpaired) electrons. The van der Waals surface area contributed by atoms with Crippen molar-refractivity contribution in [2.24, 2.45) is 0 Å². The zero-order chi connectivity index (χ0) is 8.43. The molecule has 1 rings (SSSR count). The maximum atomic E-state index is 10.2. The summed E-state index contributed by atoms with van der Waals surface area (Å²) in [6, 6.07) is 0. The standard InChI is InChI=1S/C5H4N2O4/c1-3-5(7(9)10)4(2-8)11-6-3/h2H,1H3. The van der Waals surface area contributed by atoms with Crippen LogP contribution in [0.3, 0.4) is 0 Å². The van der Waals surface area contributed by atoms with Crippen LogP contribution < -0.4 is 0 Å². The zero-order valence-corrected chi connectivity index (χ0v) is 5.60. The Hall–Kier alpha value is -1.72. The van der Waals surface area contributed by atoms with E-state index in [1.807, 2.05) is 0 Å². The molecular weight excluding hydrogens is 152 g/mol. The molecule has 58 valence electrons.